The fourth-order valence-electron chi connectivity index (χ4n) is 1.83. The van der Waals surface area contributed by atoms with Gasteiger partial charge in [-0.25, -0.2) is 4.79 Å². The Bertz CT molecular complexity index is 500. The van der Waals surface area contributed by atoms with Crippen molar-refractivity contribution in [2.24, 2.45) is 11.7 Å². The van der Waals surface area contributed by atoms with Gasteiger partial charge in [0.05, 0.1) is 6.61 Å². The Morgan fingerprint density at radius 1 is 1.22 bits per heavy atom. The molecule has 3 N–H and O–H groups in total. The van der Waals surface area contributed by atoms with Crippen molar-refractivity contribution in [1.29, 1.82) is 0 Å². The number of nitrogens with two attached hydrogens (primary N) is 1. The molecule has 128 valence electrons. The molecule has 0 spiro atoms. The first-order chi connectivity index (χ1) is 10.9. The molecule has 0 saturated heterocycles. The van der Waals surface area contributed by atoms with Crippen LogP contribution in [0, 0.1) is 5.92 Å². The van der Waals surface area contributed by atoms with Gasteiger partial charge >= 0.3 is 5.97 Å². The van der Waals surface area contributed by atoms with Crippen LogP contribution in [-0.2, 0) is 20.7 Å². The number of nitrogens with one attached hydrogen (secondary N) is 1. The first-order valence-corrected chi connectivity index (χ1v) is 7.84. The standard InChI is InChI=1S/C17H26N2O4/c1-4-22-16(20)11-23-15-7-5-14(6-8-15)9-10-19-17(21)12(2)13(3)18/h5-8,12-13H,4,9-11,18H2,1-3H3,(H,19,21). The maximum Gasteiger partial charge on any atom is 0.344 e. The van der Waals surface area contributed by atoms with Gasteiger partial charge in [0, 0.05) is 18.5 Å². The van der Waals surface area contributed by atoms with Gasteiger partial charge in [-0.1, -0.05) is 19.1 Å². The molecule has 2 unspecified atom stereocenters. The van der Waals surface area contributed by atoms with E-state index in [2.05, 4.69) is 5.32 Å². The number of amides is 1. The third-order valence-electron chi connectivity index (χ3n) is 3.50. The van der Waals surface area contributed by atoms with Crippen molar-refractivity contribution in [2.45, 2.75) is 33.2 Å². The average molecular weight is 322 g/mol. The van der Waals surface area contributed by atoms with E-state index in [1.54, 1.807) is 19.1 Å². The molecule has 0 bridgehead atoms. The summed E-state index contributed by atoms with van der Waals surface area (Å²) in [7, 11) is 0. The van der Waals surface area contributed by atoms with Crippen molar-refractivity contribution < 1.29 is 19.1 Å². The van der Waals surface area contributed by atoms with Crippen LogP contribution in [0.1, 0.15) is 26.3 Å². The van der Waals surface area contributed by atoms with Crippen molar-refractivity contribution in [1.82, 2.24) is 5.32 Å². The maximum atomic E-state index is 11.8. The van der Waals surface area contributed by atoms with Crippen molar-refractivity contribution in [2.75, 3.05) is 19.8 Å². The summed E-state index contributed by atoms with van der Waals surface area (Å²) in [5, 5.41) is 2.87. The molecule has 1 rings (SSSR count). The molecule has 0 aliphatic heterocycles. The van der Waals surface area contributed by atoms with Crippen LogP contribution in [0.15, 0.2) is 24.3 Å². The van der Waals surface area contributed by atoms with Crippen molar-refractivity contribution >= 4 is 11.9 Å². The maximum absolute atomic E-state index is 11.8. The van der Waals surface area contributed by atoms with Gasteiger partial charge in [0.2, 0.25) is 5.91 Å². The molecule has 0 heterocycles. The fraction of sp³-hybridized carbons (Fsp3) is 0.529. The largest absolute Gasteiger partial charge is 0.482 e. The highest BCUT2D eigenvalue weighted by Crippen LogP contribution is 2.12. The van der Waals surface area contributed by atoms with Gasteiger partial charge in [-0.15, -0.1) is 0 Å². The Morgan fingerprint density at radius 3 is 2.43 bits per heavy atom. The molecular weight excluding hydrogens is 296 g/mol. The number of carbonyl (C=O) groups is 2. The Balaban J connectivity index is 2.34. The average Bonchev–Trinajstić information content (AvgIpc) is 2.53. The van der Waals surface area contributed by atoms with Crippen molar-refractivity contribution in [3.8, 4) is 5.75 Å². The van der Waals surface area contributed by atoms with Gasteiger partial charge in [0.25, 0.3) is 0 Å². The summed E-state index contributed by atoms with van der Waals surface area (Å²) in [5.74, 6) is -0.0120. The molecule has 1 amide bonds. The van der Waals surface area contributed by atoms with Gasteiger partial charge < -0.3 is 20.5 Å². The number of hydrogen-bond acceptors (Lipinski definition) is 5. The van der Waals surface area contributed by atoms with E-state index in [-0.39, 0.29) is 30.4 Å². The third kappa shape index (κ3) is 7.15. The van der Waals surface area contributed by atoms with Crippen LogP contribution < -0.4 is 15.8 Å². The number of rotatable bonds is 9. The zero-order valence-electron chi connectivity index (χ0n) is 14.0. The van der Waals surface area contributed by atoms with Crippen LogP contribution in [0.5, 0.6) is 5.75 Å². The molecule has 0 aromatic heterocycles. The topological polar surface area (TPSA) is 90.6 Å². The van der Waals surface area contributed by atoms with E-state index in [4.69, 9.17) is 15.2 Å². The van der Waals surface area contributed by atoms with Gasteiger partial charge in [0.15, 0.2) is 6.61 Å². The normalized spacial score (nSPS) is 13.0. The number of ether oxygens (including phenoxy) is 2. The molecule has 1 aromatic carbocycles. The summed E-state index contributed by atoms with van der Waals surface area (Å²) in [6, 6.07) is 7.23. The minimum absolute atomic E-state index is 0.0330. The lowest BCUT2D eigenvalue weighted by Crippen LogP contribution is -2.39. The van der Waals surface area contributed by atoms with E-state index >= 15 is 0 Å². The van der Waals surface area contributed by atoms with Crippen LogP contribution in [0.4, 0.5) is 0 Å². The minimum Gasteiger partial charge on any atom is -0.482 e. The molecule has 0 saturated carbocycles. The first-order valence-electron chi connectivity index (χ1n) is 7.84. The summed E-state index contributed by atoms with van der Waals surface area (Å²) in [6.07, 6.45) is 0.718. The third-order valence-corrected chi connectivity index (χ3v) is 3.50. The summed E-state index contributed by atoms with van der Waals surface area (Å²) >= 11 is 0. The molecule has 6 nitrogen and oxygen atoms in total. The van der Waals surface area contributed by atoms with E-state index in [1.165, 1.54) is 0 Å². The van der Waals surface area contributed by atoms with Gasteiger partial charge in [0.1, 0.15) is 5.75 Å². The zero-order valence-corrected chi connectivity index (χ0v) is 14.0. The second kappa shape index (κ2) is 9.84. The lowest BCUT2D eigenvalue weighted by Gasteiger charge is -2.15. The second-order valence-corrected chi connectivity index (χ2v) is 5.43. The number of esters is 1. The number of hydrogen-bond donors (Lipinski definition) is 2. The lowest BCUT2D eigenvalue weighted by molar-refractivity contribution is -0.145. The van der Waals surface area contributed by atoms with Crippen LogP contribution in [0.3, 0.4) is 0 Å². The highest BCUT2D eigenvalue weighted by Gasteiger charge is 2.16. The highest BCUT2D eigenvalue weighted by molar-refractivity contribution is 5.78. The molecular formula is C17H26N2O4. The second-order valence-electron chi connectivity index (χ2n) is 5.43. The van der Waals surface area contributed by atoms with Crippen molar-refractivity contribution in [3.63, 3.8) is 0 Å². The van der Waals surface area contributed by atoms with Gasteiger partial charge in [-0.2, -0.15) is 0 Å². The summed E-state index contributed by atoms with van der Waals surface area (Å²) in [5.41, 5.74) is 6.77. The molecule has 0 radical (unpaired) electrons. The van der Waals surface area contributed by atoms with Crippen molar-refractivity contribution in [3.05, 3.63) is 29.8 Å². The molecule has 6 heteroatoms. The molecule has 23 heavy (non-hydrogen) atoms. The Labute approximate surface area is 137 Å². The number of benzene rings is 1. The van der Waals surface area contributed by atoms with Crippen LogP contribution in [0.25, 0.3) is 0 Å². The van der Waals surface area contributed by atoms with Gasteiger partial charge in [-0.05, 0) is 38.0 Å². The van der Waals surface area contributed by atoms with E-state index in [9.17, 15) is 9.59 Å². The lowest BCUT2D eigenvalue weighted by atomic mass is 10.0. The smallest absolute Gasteiger partial charge is 0.344 e. The van der Waals surface area contributed by atoms with Crippen LogP contribution >= 0.6 is 0 Å². The summed E-state index contributed by atoms with van der Waals surface area (Å²) in [6.45, 7) is 6.18. The first kappa shape index (κ1) is 19.0. The molecule has 2 atom stereocenters. The molecule has 1 aromatic rings. The van der Waals surface area contributed by atoms with Gasteiger partial charge in [-0.3, -0.25) is 4.79 Å². The van der Waals surface area contributed by atoms with E-state index < -0.39 is 0 Å². The quantitative estimate of drug-likeness (QED) is 0.668. The van der Waals surface area contributed by atoms with E-state index in [1.807, 2.05) is 26.0 Å². The predicted molar refractivity (Wildman–Crippen MR) is 88.1 cm³/mol. The Kier molecular flexibility index (Phi) is 8.11. The molecule has 0 aliphatic carbocycles. The van der Waals surface area contributed by atoms with E-state index in [0.29, 0.717) is 18.9 Å². The molecule has 0 fully saturated rings. The predicted octanol–water partition coefficient (Wildman–Crippen LogP) is 1.27. The Morgan fingerprint density at radius 2 is 1.87 bits per heavy atom. The fourth-order valence-corrected chi connectivity index (χ4v) is 1.83. The zero-order chi connectivity index (χ0) is 17.2. The van der Waals surface area contributed by atoms with E-state index in [0.717, 1.165) is 12.0 Å². The van der Waals surface area contributed by atoms with Crippen LogP contribution in [0.2, 0.25) is 0 Å². The minimum atomic E-state index is -0.387. The summed E-state index contributed by atoms with van der Waals surface area (Å²) in [4.78, 5) is 23.0. The highest BCUT2D eigenvalue weighted by atomic mass is 16.6. The Hall–Kier alpha value is -2.08. The SMILES string of the molecule is CCOC(=O)COc1ccc(CCNC(=O)C(C)C(C)N)cc1. The molecule has 0 aliphatic rings. The van der Waals surface area contributed by atoms with Crippen LogP contribution in [-0.4, -0.2) is 37.7 Å². The number of carbonyl (C=O) groups excluding carboxylic acids is 2. The summed E-state index contributed by atoms with van der Waals surface area (Å²) < 4.78 is 10.1. The monoisotopic (exact) mass is 322 g/mol.